The van der Waals surface area contributed by atoms with Gasteiger partial charge in [-0.15, -0.1) is 0 Å². The quantitative estimate of drug-likeness (QED) is 0.773. The second kappa shape index (κ2) is 4.89. The summed E-state index contributed by atoms with van der Waals surface area (Å²) in [6.45, 7) is -0.0815. The Balaban J connectivity index is 2.47. The number of aromatic hydroxyl groups is 1. The zero-order valence-electron chi connectivity index (χ0n) is 9.50. The Labute approximate surface area is 104 Å². The Kier molecular flexibility index (Phi) is 3.30. The predicted molar refractivity (Wildman–Crippen MR) is 66.4 cm³/mol. The van der Waals surface area contributed by atoms with E-state index in [1.807, 2.05) is 0 Å². The highest BCUT2D eigenvalue weighted by molar-refractivity contribution is 5.89. The minimum atomic E-state index is -1.08. The van der Waals surface area contributed by atoms with E-state index in [4.69, 9.17) is 10.2 Å². The fraction of sp³-hybridized carbons (Fsp3) is 0.0714. The van der Waals surface area contributed by atoms with Crippen LogP contribution < -0.4 is 0 Å². The molecule has 0 aliphatic rings. The second-order valence-electron chi connectivity index (χ2n) is 3.90. The van der Waals surface area contributed by atoms with Gasteiger partial charge in [-0.05, 0) is 35.4 Å². The number of rotatable bonds is 3. The Morgan fingerprint density at radius 3 is 2.50 bits per heavy atom. The molecule has 0 heterocycles. The van der Waals surface area contributed by atoms with Crippen LogP contribution in [0.5, 0.6) is 5.75 Å². The summed E-state index contributed by atoms with van der Waals surface area (Å²) in [6.07, 6.45) is 0. The maximum absolute atomic E-state index is 10.8. The Morgan fingerprint density at radius 2 is 1.89 bits per heavy atom. The Hall–Kier alpha value is -2.33. The van der Waals surface area contributed by atoms with Crippen molar-refractivity contribution in [3.05, 3.63) is 53.6 Å². The van der Waals surface area contributed by atoms with Gasteiger partial charge in [0.25, 0.3) is 0 Å². The molecule has 3 N–H and O–H groups in total. The summed E-state index contributed by atoms with van der Waals surface area (Å²) in [4.78, 5) is 10.8. The van der Waals surface area contributed by atoms with Gasteiger partial charge in [0.15, 0.2) is 0 Å². The molecule has 0 radical (unpaired) electrons. The number of aliphatic hydroxyl groups excluding tert-OH is 1. The van der Waals surface area contributed by atoms with E-state index in [0.29, 0.717) is 5.56 Å². The van der Waals surface area contributed by atoms with Crippen molar-refractivity contribution in [2.75, 3.05) is 0 Å². The van der Waals surface area contributed by atoms with E-state index in [9.17, 15) is 9.90 Å². The largest absolute Gasteiger partial charge is 0.507 e. The van der Waals surface area contributed by atoms with Crippen LogP contribution in [0.1, 0.15) is 15.9 Å². The summed E-state index contributed by atoms with van der Waals surface area (Å²) in [6, 6.07) is 11.3. The fourth-order valence-electron chi connectivity index (χ4n) is 1.75. The number of carboxylic acid groups (broad SMARTS) is 1. The summed E-state index contributed by atoms with van der Waals surface area (Å²) >= 11 is 0. The van der Waals surface area contributed by atoms with Crippen LogP contribution >= 0.6 is 0 Å². The molecular formula is C14H12O4. The first-order chi connectivity index (χ1) is 8.61. The number of carbonyl (C=O) groups is 1. The molecule has 18 heavy (non-hydrogen) atoms. The molecule has 2 aromatic rings. The van der Waals surface area contributed by atoms with E-state index in [1.54, 1.807) is 30.3 Å². The van der Waals surface area contributed by atoms with Gasteiger partial charge in [0.05, 0.1) is 12.2 Å². The van der Waals surface area contributed by atoms with Crippen LogP contribution in [0.2, 0.25) is 0 Å². The molecule has 0 atom stereocenters. The van der Waals surface area contributed by atoms with Crippen LogP contribution in [0.3, 0.4) is 0 Å². The average molecular weight is 244 g/mol. The molecule has 4 heteroatoms. The van der Waals surface area contributed by atoms with Crippen molar-refractivity contribution in [2.45, 2.75) is 6.61 Å². The Morgan fingerprint density at radius 1 is 1.11 bits per heavy atom. The minimum absolute atomic E-state index is 0.0366. The van der Waals surface area contributed by atoms with Crippen molar-refractivity contribution in [2.24, 2.45) is 0 Å². The van der Waals surface area contributed by atoms with E-state index in [1.165, 1.54) is 12.1 Å². The van der Waals surface area contributed by atoms with Crippen molar-refractivity contribution in [1.29, 1.82) is 0 Å². The van der Waals surface area contributed by atoms with Crippen molar-refractivity contribution in [3.63, 3.8) is 0 Å². The van der Waals surface area contributed by atoms with Crippen LogP contribution in [0.4, 0.5) is 0 Å². The van der Waals surface area contributed by atoms with Gasteiger partial charge in [0, 0.05) is 5.56 Å². The normalized spacial score (nSPS) is 10.3. The zero-order valence-corrected chi connectivity index (χ0v) is 9.50. The van der Waals surface area contributed by atoms with Crippen molar-refractivity contribution >= 4 is 5.97 Å². The molecule has 0 amide bonds. The maximum atomic E-state index is 10.8. The zero-order chi connectivity index (χ0) is 13.1. The van der Waals surface area contributed by atoms with Crippen LogP contribution in [0.15, 0.2) is 42.5 Å². The van der Waals surface area contributed by atoms with E-state index < -0.39 is 5.97 Å². The number of hydrogen-bond donors (Lipinski definition) is 3. The molecule has 92 valence electrons. The van der Waals surface area contributed by atoms with E-state index >= 15 is 0 Å². The highest BCUT2D eigenvalue weighted by atomic mass is 16.4. The number of aromatic carboxylic acids is 1. The lowest BCUT2D eigenvalue weighted by molar-refractivity contribution is 0.0696. The summed E-state index contributed by atoms with van der Waals surface area (Å²) in [5.74, 6) is -1.18. The van der Waals surface area contributed by atoms with Crippen molar-refractivity contribution in [1.82, 2.24) is 0 Å². The van der Waals surface area contributed by atoms with Gasteiger partial charge >= 0.3 is 5.97 Å². The topological polar surface area (TPSA) is 77.8 Å². The van der Waals surface area contributed by atoms with Gasteiger partial charge in [-0.25, -0.2) is 4.79 Å². The molecular weight excluding hydrogens is 232 g/mol. The molecule has 0 fully saturated rings. The first kappa shape index (κ1) is 12.1. The number of aliphatic hydroxyl groups is 1. The summed E-state index contributed by atoms with van der Waals surface area (Å²) in [7, 11) is 0. The number of phenolic OH excluding ortho intramolecular Hbond substituents is 1. The van der Waals surface area contributed by atoms with Gasteiger partial charge in [0.2, 0.25) is 0 Å². The lowest BCUT2D eigenvalue weighted by Crippen LogP contribution is -1.95. The molecule has 0 aliphatic heterocycles. The summed E-state index contributed by atoms with van der Waals surface area (Å²) in [5.41, 5.74) is 2.04. The van der Waals surface area contributed by atoms with Crippen LogP contribution in [0, 0.1) is 0 Å². The Bertz CT molecular complexity index is 590. The highest BCUT2D eigenvalue weighted by Gasteiger charge is 2.09. The molecule has 0 aliphatic carbocycles. The number of hydrogen-bond acceptors (Lipinski definition) is 3. The standard InChI is InChI=1S/C14H12O4/c15-8-9-2-1-3-10(6-9)12-5-4-11(14(17)18)7-13(12)16/h1-7,15-16H,8H2,(H,17,18). The fourth-order valence-corrected chi connectivity index (χ4v) is 1.75. The molecule has 0 bridgehead atoms. The number of carboxylic acids is 1. The summed E-state index contributed by atoms with van der Waals surface area (Å²) < 4.78 is 0. The molecule has 0 unspecified atom stereocenters. The SMILES string of the molecule is O=C(O)c1ccc(-c2cccc(CO)c2)c(O)c1. The number of benzene rings is 2. The van der Waals surface area contributed by atoms with Gasteiger partial charge in [-0.1, -0.05) is 18.2 Å². The molecule has 2 aromatic carbocycles. The predicted octanol–water partition coefficient (Wildman–Crippen LogP) is 2.25. The monoisotopic (exact) mass is 244 g/mol. The van der Waals surface area contributed by atoms with Crippen LogP contribution in [-0.4, -0.2) is 21.3 Å². The lowest BCUT2D eigenvalue weighted by atomic mass is 10.0. The lowest BCUT2D eigenvalue weighted by Gasteiger charge is -2.07. The molecule has 0 aromatic heterocycles. The molecule has 0 saturated heterocycles. The van der Waals surface area contributed by atoms with Crippen molar-refractivity contribution in [3.8, 4) is 16.9 Å². The van der Waals surface area contributed by atoms with E-state index in [-0.39, 0.29) is 17.9 Å². The minimum Gasteiger partial charge on any atom is -0.507 e. The third kappa shape index (κ3) is 2.33. The van der Waals surface area contributed by atoms with Crippen molar-refractivity contribution < 1.29 is 20.1 Å². The third-order valence-corrected chi connectivity index (χ3v) is 2.67. The number of phenols is 1. The second-order valence-corrected chi connectivity index (χ2v) is 3.90. The van der Waals surface area contributed by atoms with E-state index in [2.05, 4.69) is 0 Å². The van der Waals surface area contributed by atoms with Gasteiger partial charge in [0.1, 0.15) is 5.75 Å². The highest BCUT2D eigenvalue weighted by Crippen LogP contribution is 2.30. The first-order valence-corrected chi connectivity index (χ1v) is 5.38. The van der Waals surface area contributed by atoms with E-state index in [0.717, 1.165) is 11.1 Å². The third-order valence-electron chi connectivity index (χ3n) is 2.67. The average Bonchev–Trinajstić information content (AvgIpc) is 2.38. The summed E-state index contributed by atoms with van der Waals surface area (Å²) in [5, 5.41) is 27.7. The van der Waals surface area contributed by atoms with Gasteiger partial charge in [-0.3, -0.25) is 0 Å². The first-order valence-electron chi connectivity index (χ1n) is 5.38. The molecule has 2 rings (SSSR count). The smallest absolute Gasteiger partial charge is 0.335 e. The van der Waals surface area contributed by atoms with Crippen LogP contribution in [-0.2, 0) is 6.61 Å². The molecule has 0 saturated carbocycles. The van der Waals surface area contributed by atoms with Gasteiger partial charge in [-0.2, -0.15) is 0 Å². The maximum Gasteiger partial charge on any atom is 0.335 e. The molecule has 0 spiro atoms. The van der Waals surface area contributed by atoms with Crippen LogP contribution in [0.25, 0.3) is 11.1 Å². The molecule has 4 nitrogen and oxygen atoms in total. The van der Waals surface area contributed by atoms with Gasteiger partial charge < -0.3 is 15.3 Å².